The van der Waals surface area contributed by atoms with Crippen molar-refractivity contribution in [2.24, 2.45) is 0 Å². The van der Waals surface area contributed by atoms with Gasteiger partial charge < -0.3 is 9.15 Å². The van der Waals surface area contributed by atoms with Gasteiger partial charge >= 0.3 is 0 Å². The van der Waals surface area contributed by atoms with Crippen molar-refractivity contribution in [2.75, 3.05) is 0 Å². The molecule has 4 aromatic heterocycles. The molecule has 0 saturated carbocycles. The van der Waals surface area contributed by atoms with Gasteiger partial charge in [0.15, 0.2) is 11.5 Å². The maximum Gasteiger partial charge on any atom is 0.230 e. The Kier molecular flexibility index (Phi) is 4.31. The molecule has 1 aliphatic rings. The first-order chi connectivity index (χ1) is 17.2. The van der Waals surface area contributed by atoms with Gasteiger partial charge in [0.05, 0.1) is 39.7 Å². The van der Waals surface area contributed by atoms with Crippen LogP contribution in [0.25, 0.3) is 22.7 Å². The molecule has 170 valence electrons. The number of hydrogen-bond acceptors (Lipinski definition) is 6. The predicted octanol–water partition coefficient (Wildman–Crippen LogP) is 5.82. The number of halogens is 1. The van der Waals surface area contributed by atoms with E-state index in [1.807, 2.05) is 73.7 Å². The highest BCUT2D eigenvalue weighted by molar-refractivity contribution is 6.33. The van der Waals surface area contributed by atoms with Crippen molar-refractivity contribution in [3.8, 4) is 28.8 Å². The van der Waals surface area contributed by atoms with Gasteiger partial charge in [0.25, 0.3) is 0 Å². The van der Waals surface area contributed by atoms with Gasteiger partial charge in [-0.25, -0.2) is 19.2 Å². The Morgan fingerprint density at radius 1 is 0.914 bits per heavy atom. The summed E-state index contributed by atoms with van der Waals surface area (Å²) in [6, 6.07) is 21.2. The third kappa shape index (κ3) is 3.00. The van der Waals surface area contributed by atoms with Gasteiger partial charge in [-0.15, -0.1) is 5.10 Å². The van der Waals surface area contributed by atoms with E-state index in [1.54, 1.807) is 21.8 Å². The number of hydrogen-bond donors (Lipinski definition) is 0. The van der Waals surface area contributed by atoms with Gasteiger partial charge in [-0.05, 0) is 43.3 Å². The number of ether oxygens (including phenoxy) is 1. The molecule has 7 rings (SSSR count). The third-order valence-corrected chi connectivity index (χ3v) is 6.49. The number of nitrogens with zero attached hydrogens (tertiary/aromatic N) is 6. The standard InChI is InChI=1S/C26H17ClN6O2/c1-15-20-21(19-12-7-13-34-19)22-24-29-23(17-10-5-6-11-18(17)27)31-32(24)14-28-25(22)35-26(20)33(30-15)16-8-3-2-4-9-16/h2-14,21H,1H3/t21-/m0/s1. The lowest BCUT2D eigenvalue weighted by molar-refractivity contribution is 0.392. The Morgan fingerprint density at radius 2 is 1.74 bits per heavy atom. The Morgan fingerprint density at radius 3 is 2.54 bits per heavy atom. The summed E-state index contributed by atoms with van der Waals surface area (Å²) in [6.07, 6.45) is 3.26. The molecule has 8 nitrogen and oxygen atoms in total. The molecule has 0 amide bonds. The van der Waals surface area contributed by atoms with E-state index in [2.05, 4.69) is 10.1 Å². The molecule has 5 heterocycles. The number of fused-ring (bicyclic) bond motifs is 4. The molecule has 1 aliphatic heterocycles. The summed E-state index contributed by atoms with van der Waals surface area (Å²) in [6.45, 7) is 1.97. The molecule has 0 spiro atoms. The molecule has 6 aromatic rings. The van der Waals surface area contributed by atoms with Crippen molar-refractivity contribution in [1.82, 2.24) is 29.4 Å². The predicted molar refractivity (Wildman–Crippen MR) is 129 cm³/mol. The first-order valence-corrected chi connectivity index (χ1v) is 11.4. The fourth-order valence-corrected chi connectivity index (χ4v) is 4.84. The van der Waals surface area contributed by atoms with Crippen LogP contribution in [0.4, 0.5) is 0 Å². The van der Waals surface area contributed by atoms with E-state index in [-0.39, 0.29) is 5.92 Å². The highest BCUT2D eigenvalue weighted by Crippen LogP contribution is 2.49. The second kappa shape index (κ2) is 7.54. The van der Waals surface area contributed by atoms with E-state index in [9.17, 15) is 0 Å². The maximum absolute atomic E-state index is 6.43. The molecule has 0 radical (unpaired) electrons. The summed E-state index contributed by atoms with van der Waals surface area (Å²) in [7, 11) is 0. The Bertz CT molecular complexity index is 1710. The average molecular weight is 481 g/mol. The van der Waals surface area contributed by atoms with Gasteiger partial charge in [-0.1, -0.05) is 41.9 Å². The van der Waals surface area contributed by atoms with E-state index in [0.29, 0.717) is 28.3 Å². The number of aromatic nitrogens is 6. The Labute approximate surface area is 204 Å². The van der Waals surface area contributed by atoms with Gasteiger partial charge in [-0.2, -0.15) is 5.10 Å². The van der Waals surface area contributed by atoms with E-state index < -0.39 is 0 Å². The summed E-state index contributed by atoms with van der Waals surface area (Å²) in [5.41, 5.74) is 4.73. The smallest absolute Gasteiger partial charge is 0.230 e. The minimum atomic E-state index is -0.333. The van der Waals surface area contributed by atoms with Gasteiger partial charge in [0, 0.05) is 5.56 Å². The molecule has 0 N–H and O–H groups in total. The summed E-state index contributed by atoms with van der Waals surface area (Å²) in [4.78, 5) is 9.47. The van der Waals surface area contributed by atoms with E-state index >= 15 is 0 Å². The lowest BCUT2D eigenvalue weighted by atomic mass is 9.88. The Balaban J connectivity index is 1.49. The topological polar surface area (TPSA) is 83.3 Å². The molecule has 0 bridgehead atoms. The molecule has 0 aliphatic carbocycles. The zero-order valence-corrected chi connectivity index (χ0v) is 19.2. The van der Waals surface area contributed by atoms with Crippen molar-refractivity contribution in [2.45, 2.75) is 12.8 Å². The van der Waals surface area contributed by atoms with Crippen LogP contribution in [-0.4, -0.2) is 29.4 Å². The lowest BCUT2D eigenvalue weighted by Gasteiger charge is -2.24. The van der Waals surface area contributed by atoms with Gasteiger partial charge in [0.1, 0.15) is 12.1 Å². The number of furan rings is 1. The van der Waals surface area contributed by atoms with Crippen molar-refractivity contribution >= 4 is 17.2 Å². The summed E-state index contributed by atoms with van der Waals surface area (Å²) in [5.74, 6) is 1.95. The minimum absolute atomic E-state index is 0.333. The molecule has 0 saturated heterocycles. The van der Waals surface area contributed by atoms with Crippen molar-refractivity contribution < 1.29 is 9.15 Å². The molecular formula is C26H17ClN6O2. The second-order valence-corrected chi connectivity index (χ2v) is 8.66. The highest BCUT2D eigenvalue weighted by atomic mass is 35.5. The highest BCUT2D eigenvalue weighted by Gasteiger charge is 2.39. The van der Waals surface area contributed by atoms with E-state index in [4.69, 9.17) is 30.8 Å². The fraction of sp³-hybridized carbons (Fsp3) is 0.0769. The summed E-state index contributed by atoms with van der Waals surface area (Å²) >= 11 is 6.43. The fourth-order valence-electron chi connectivity index (χ4n) is 4.62. The second-order valence-electron chi connectivity index (χ2n) is 8.25. The summed E-state index contributed by atoms with van der Waals surface area (Å²) in [5, 5.41) is 10.0. The molecule has 1 atom stereocenters. The average Bonchev–Trinajstić information content (AvgIpc) is 3.63. The van der Waals surface area contributed by atoms with Crippen molar-refractivity contribution in [3.63, 3.8) is 0 Å². The number of rotatable bonds is 3. The Hall–Kier alpha value is -4.43. The summed E-state index contributed by atoms with van der Waals surface area (Å²) < 4.78 is 15.8. The van der Waals surface area contributed by atoms with Crippen molar-refractivity contribution in [3.05, 3.63) is 107 Å². The quantitative estimate of drug-likeness (QED) is 0.317. The van der Waals surface area contributed by atoms with Crippen LogP contribution in [0.1, 0.15) is 28.5 Å². The lowest BCUT2D eigenvalue weighted by Crippen LogP contribution is -2.15. The van der Waals surface area contributed by atoms with Crippen LogP contribution in [-0.2, 0) is 0 Å². The van der Waals surface area contributed by atoms with Crippen LogP contribution >= 0.6 is 11.6 Å². The first-order valence-electron chi connectivity index (χ1n) is 11.1. The van der Waals surface area contributed by atoms with Crippen molar-refractivity contribution in [1.29, 1.82) is 0 Å². The molecular weight excluding hydrogens is 464 g/mol. The first kappa shape index (κ1) is 20.0. The maximum atomic E-state index is 6.43. The molecule has 35 heavy (non-hydrogen) atoms. The van der Waals surface area contributed by atoms with Gasteiger partial charge in [-0.3, -0.25) is 0 Å². The van der Waals surface area contributed by atoms with Crippen LogP contribution < -0.4 is 4.74 Å². The van der Waals surface area contributed by atoms with Crippen LogP contribution in [0, 0.1) is 6.92 Å². The third-order valence-electron chi connectivity index (χ3n) is 6.16. The van der Waals surface area contributed by atoms with E-state index in [0.717, 1.165) is 33.8 Å². The van der Waals surface area contributed by atoms with Crippen LogP contribution in [0.2, 0.25) is 5.02 Å². The normalized spacial score (nSPS) is 14.5. The molecule has 0 fully saturated rings. The van der Waals surface area contributed by atoms with Crippen LogP contribution in [0.3, 0.4) is 0 Å². The number of para-hydroxylation sites is 1. The number of benzene rings is 2. The monoisotopic (exact) mass is 480 g/mol. The largest absolute Gasteiger partial charge is 0.468 e. The van der Waals surface area contributed by atoms with Gasteiger partial charge in [0.2, 0.25) is 11.8 Å². The minimum Gasteiger partial charge on any atom is -0.468 e. The van der Waals surface area contributed by atoms with E-state index in [1.165, 1.54) is 0 Å². The zero-order valence-electron chi connectivity index (χ0n) is 18.5. The molecule has 0 unspecified atom stereocenters. The number of aryl methyl sites for hydroxylation is 1. The SMILES string of the molecule is Cc1nn(-c2ccccc2)c2c1[C@H](c1ccco1)c1c(ncn3nc(-c4ccccc4Cl)nc13)O2. The molecule has 9 heteroatoms. The molecule has 2 aromatic carbocycles. The van der Waals surface area contributed by atoms with Crippen LogP contribution in [0.5, 0.6) is 11.8 Å². The van der Waals surface area contributed by atoms with Crippen LogP contribution in [0.15, 0.2) is 83.7 Å². The zero-order chi connectivity index (χ0) is 23.5.